The largest absolute Gasteiger partial charge is 0.469 e. The zero-order valence-corrected chi connectivity index (χ0v) is 18.0. The molecule has 8 atom stereocenters. The molecule has 3 saturated carbocycles. The maximum Gasteiger partial charge on any atom is 0.309 e. The van der Waals surface area contributed by atoms with Crippen molar-refractivity contribution in [3.8, 4) is 0 Å². The normalized spacial score (nSPS) is 53.2. The van der Waals surface area contributed by atoms with Crippen LogP contribution in [0.5, 0.6) is 0 Å². The lowest BCUT2D eigenvalue weighted by Crippen LogP contribution is -2.63. The number of epoxide rings is 1. The summed E-state index contributed by atoms with van der Waals surface area (Å²) < 4.78 is 17.9. The number of methoxy groups -OCH3 is 1. The maximum atomic E-state index is 13.0. The van der Waals surface area contributed by atoms with Gasteiger partial charge >= 0.3 is 11.9 Å². The minimum atomic E-state index is -0.424. The predicted molar refractivity (Wildman–Crippen MR) is 105 cm³/mol. The Balaban J connectivity index is 1.49. The van der Waals surface area contributed by atoms with E-state index in [1.807, 2.05) is 0 Å². The van der Waals surface area contributed by atoms with Gasteiger partial charge < -0.3 is 14.2 Å². The molecule has 6 heteroatoms. The Morgan fingerprint density at radius 1 is 1.17 bits per heavy atom. The first-order valence-electron chi connectivity index (χ1n) is 11.4. The van der Waals surface area contributed by atoms with Gasteiger partial charge in [-0.3, -0.25) is 14.4 Å². The van der Waals surface area contributed by atoms with Gasteiger partial charge in [0.05, 0.1) is 19.1 Å². The average molecular weight is 414 g/mol. The van der Waals surface area contributed by atoms with Crippen molar-refractivity contribution in [2.24, 2.45) is 28.6 Å². The van der Waals surface area contributed by atoms with E-state index in [0.29, 0.717) is 19.3 Å². The smallest absolute Gasteiger partial charge is 0.309 e. The van der Waals surface area contributed by atoms with E-state index in [9.17, 15) is 14.4 Å². The third kappa shape index (κ3) is 1.94. The van der Waals surface area contributed by atoms with Crippen molar-refractivity contribution in [3.63, 3.8) is 0 Å². The fraction of sp³-hybridized carbons (Fsp3) is 0.792. The molecule has 6 nitrogen and oxygen atoms in total. The summed E-state index contributed by atoms with van der Waals surface area (Å²) in [5, 5.41) is 0. The van der Waals surface area contributed by atoms with Crippen molar-refractivity contribution in [1.82, 2.24) is 0 Å². The maximum absolute atomic E-state index is 13.0. The molecule has 0 radical (unpaired) electrons. The molecule has 2 aliphatic heterocycles. The standard InChI is InChI=1S/C24H30O6/c1-21-7-4-14(25)10-13(21)11-15(20(27)28-3)19-16-5-8-23(9-6-18(26)30-23)22(16,2)12-17-24(19,21)29-17/h10,15-17,19H,4-9,11-12H2,1-3H3/t15-,16?,17+,19?,21+,22+,23-,24-/m1/s1. The Hall–Kier alpha value is -1.69. The summed E-state index contributed by atoms with van der Waals surface area (Å²) in [6, 6.07) is 0. The number of carbonyl (C=O) groups is 3. The van der Waals surface area contributed by atoms with Crippen LogP contribution in [0.3, 0.4) is 0 Å². The lowest BCUT2D eigenvalue weighted by molar-refractivity contribution is -0.172. The van der Waals surface area contributed by atoms with E-state index in [1.54, 1.807) is 6.08 Å². The van der Waals surface area contributed by atoms with Crippen LogP contribution in [0.25, 0.3) is 0 Å². The zero-order valence-electron chi connectivity index (χ0n) is 18.0. The summed E-state index contributed by atoms with van der Waals surface area (Å²) in [6.07, 6.45) is 7.61. The lowest BCUT2D eigenvalue weighted by Gasteiger charge is -2.58. The summed E-state index contributed by atoms with van der Waals surface area (Å²) in [7, 11) is 1.45. The van der Waals surface area contributed by atoms with Gasteiger partial charge in [-0.25, -0.2) is 0 Å². The molecule has 0 N–H and O–H groups in total. The number of hydrogen-bond donors (Lipinski definition) is 0. The van der Waals surface area contributed by atoms with Crippen molar-refractivity contribution >= 4 is 17.7 Å². The van der Waals surface area contributed by atoms with E-state index in [2.05, 4.69) is 13.8 Å². The Labute approximate surface area is 176 Å². The second-order valence-corrected chi connectivity index (χ2v) is 11.0. The van der Waals surface area contributed by atoms with Gasteiger partial charge in [0, 0.05) is 29.6 Å². The van der Waals surface area contributed by atoms with Crippen molar-refractivity contribution in [2.75, 3.05) is 7.11 Å². The molecule has 0 amide bonds. The molecule has 0 bridgehead atoms. The summed E-state index contributed by atoms with van der Waals surface area (Å²) in [5.41, 5.74) is -0.175. The molecule has 2 spiro atoms. The Morgan fingerprint density at radius 2 is 1.97 bits per heavy atom. The van der Waals surface area contributed by atoms with Gasteiger partial charge in [-0.2, -0.15) is 0 Å². The molecule has 2 unspecified atom stereocenters. The molecule has 2 saturated heterocycles. The monoisotopic (exact) mass is 414 g/mol. The highest BCUT2D eigenvalue weighted by atomic mass is 16.6. The van der Waals surface area contributed by atoms with E-state index in [4.69, 9.17) is 14.2 Å². The molecule has 0 aromatic heterocycles. The number of ketones is 1. The molecule has 6 rings (SSSR count). The fourth-order valence-corrected chi connectivity index (χ4v) is 8.69. The molecule has 2 heterocycles. The lowest BCUT2D eigenvalue weighted by atomic mass is 9.43. The number of ether oxygens (including phenoxy) is 3. The second-order valence-electron chi connectivity index (χ2n) is 11.0. The number of esters is 2. The van der Waals surface area contributed by atoms with Gasteiger partial charge in [-0.1, -0.05) is 19.4 Å². The van der Waals surface area contributed by atoms with Gasteiger partial charge in [0.2, 0.25) is 0 Å². The van der Waals surface area contributed by atoms with Gasteiger partial charge in [0.1, 0.15) is 11.2 Å². The van der Waals surface area contributed by atoms with Crippen LogP contribution in [0.4, 0.5) is 0 Å². The number of carbonyl (C=O) groups excluding carboxylic acids is 3. The average Bonchev–Trinajstić information content (AvgIpc) is 3.20. The molecule has 4 aliphatic carbocycles. The van der Waals surface area contributed by atoms with Crippen LogP contribution < -0.4 is 0 Å². The summed E-state index contributed by atoms with van der Waals surface area (Å²) >= 11 is 0. The number of fused-ring (bicyclic) bond motifs is 4. The molecule has 0 aromatic rings. The second kappa shape index (κ2) is 5.56. The van der Waals surface area contributed by atoms with Crippen LogP contribution in [0.15, 0.2) is 11.6 Å². The quantitative estimate of drug-likeness (QED) is 0.484. The topological polar surface area (TPSA) is 82.2 Å². The first-order chi connectivity index (χ1) is 14.2. The highest BCUT2D eigenvalue weighted by Crippen LogP contribution is 2.78. The Bertz CT molecular complexity index is 907. The van der Waals surface area contributed by atoms with Gasteiger partial charge in [-0.15, -0.1) is 0 Å². The zero-order chi connectivity index (χ0) is 21.1. The van der Waals surface area contributed by atoms with Gasteiger partial charge in [0.25, 0.3) is 0 Å². The third-order valence-electron chi connectivity index (χ3n) is 10.2. The summed E-state index contributed by atoms with van der Waals surface area (Å²) in [4.78, 5) is 37.4. The first kappa shape index (κ1) is 19.0. The van der Waals surface area contributed by atoms with E-state index in [1.165, 1.54) is 7.11 Å². The van der Waals surface area contributed by atoms with Crippen molar-refractivity contribution in [1.29, 1.82) is 0 Å². The number of rotatable bonds is 1. The predicted octanol–water partition coefficient (Wildman–Crippen LogP) is 3.12. The van der Waals surface area contributed by atoms with Crippen molar-refractivity contribution in [3.05, 3.63) is 11.6 Å². The van der Waals surface area contributed by atoms with Gasteiger partial charge in [0.15, 0.2) is 5.78 Å². The molecular weight excluding hydrogens is 384 g/mol. The SMILES string of the molecule is COC(=O)[C@@H]1CC2=CC(=O)CC[C@]2(C)[C@@]23O[C@H]2C[C@@]2(C)C(CC[C@@]24CCC(=O)O4)C13. The van der Waals surface area contributed by atoms with E-state index in [0.717, 1.165) is 37.7 Å². The highest BCUT2D eigenvalue weighted by Gasteiger charge is 2.83. The molecule has 5 fully saturated rings. The van der Waals surface area contributed by atoms with E-state index in [-0.39, 0.29) is 52.4 Å². The summed E-state index contributed by atoms with van der Waals surface area (Å²) in [5.74, 6) is -0.201. The first-order valence-corrected chi connectivity index (χ1v) is 11.4. The van der Waals surface area contributed by atoms with E-state index >= 15 is 0 Å². The molecule has 162 valence electrons. The molecule has 30 heavy (non-hydrogen) atoms. The van der Waals surface area contributed by atoms with Gasteiger partial charge in [-0.05, 0) is 50.5 Å². The van der Waals surface area contributed by atoms with Crippen LogP contribution >= 0.6 is 0 Å². The molecular formula is C24H30O6. The summed E-state index contributed by atoms with van der Waals surface area (Å²) in [6.45, 7) is 4.51. The van der Waals surface area contributed by atoms with Crippen molar-refractivity contribution in [2.45, 2.75) is 82.5 Å². The van der Waals surface area contributed by atoms with Crippen LogP contribution in [0.2, 0.25) is 0 Å². The van der Waals surface area contributed by atoms with Crippen LogP contribution in [-0.4, -0.2) is 42.1 Å². The van der Waals surface area contributed by atoms with Crippen LogP contribution in [0.1, 0.15) is 65.2 Å². The van der Waals surface area contributed by atoms with Crippen molar-refractivity contribution < 1.29 is 28.6 Å². The van der Waals surface area contributed by atoms with Crippen LogP contribution in [0, 0.1) is 28.6 Å². The number of hydrogen-bond acceptors (Lipinski definition) is 6. The van der Waals surface area contributed by atoms with E-state index < -0.39 is 11.2 Å². The third-order valence-corrected chi connectivity index (χ3v) is 10.2. The molecule has 6 aliphatic rings. The minimum Gasteiger partial charge on any atom is -0.469 e. The highest BCUT2D eigenvalue weighted by molar-refractivity contribution is 5.92. The molecule has 0 aromatic carbocycles. The Morgan fingerprint density at radius 3 is 2.67 bits per heavy atom. The Kier molecular flexibility index (Phi) is 3.53. The fourth-order valence-electron chi connectivity index (χ4n) is 8.69. The van der Waals surface area contributed by atoms with Crippen LogP contribution in [-0.2, 0) is 28.6 Å². The minimum absolute atomic E-state index is 0.0303.